The molecule has 17 heavy (non-hydrogen) atoms. The fraction of sp³-hybridized carbons (Fsp3) is 0.538. The Kier molecular flexibility index (Phi) is 5.43. The molecule has 0 saturated heterocycles. The molecule has 1 aromatic rings. The third-order valence-electron chi connectivity index (χ3n) is 2.46. The average Bonchev–Trinajstić information content (AvgIpc) is 2.26. The van der Waals surface area contributed by atoms with Crippen molar-refractivity contribution in [1.82, 2.24) is 0 Å². The highest BCUT2D eigenvalue weighted by Gasteiger charge is 2.19. The van der Waals surface area contributed by atoms with E-state index in [0.717, 1.165) is 16.6 Å². The SMILES string of the molecule is CCOCC(C)(N)Cc1ccc(OC)c(Br)c1. The molecule has 0 amide bonds. The summed E-state index contributed by atoms with van der Waals surface area (Å²) in [7, 11) is 1.65. The second kappa shape index (κ2) is 6.38. The van der Waals surface area contributed by atoms with E-state index in [9.17, 15) is 0 Å². The van der Waals surface area contributed by atoms with Gasteiger partial charge in [-0.25, -0.2) is 0 Å². The van der Waals surface area contributed by atoms with Crippen LogP contribution in [-0.4, -0.2) is 25.9 Å². The fourth-order valence-electron chi connectivity index (χ4n) is 1.67. The maximum atomic E-state index is 6.18. The lowest BCUT2D eigenvalue weighted by molar-refractivity contribution is 0.101. The van der Waals surface area contributed by atoms with Gasteiger partial charge in [0.1, 0.15) is 5.75 Å². The van der Waals surface area contributed by atoms with Crippen LogP contribution in [0.3, 0.4) is 0 Å². The summed E-state index contributed by atoms with van der Waals surface area (Å²) in [6.07, 6.45) is 0.773. The molecule has 1 aromatic carbocycles. The first kappa shape index (κ1) is 14.5. The van der Waals surface area contributed by atoms with Crippen LogP contribution >= 0.6 is 15.9 Å². The summed E-state index contributed by atoms with van der Waals surface area (Å²) in [4.78, 5) is 0. The van der Waals surface area contributed by atoms with Crippen LogP contribution < -0.4 is 10.5 Å². The van der Waals surface area contributed by atoms with Crippen molar-refractivity contribution in [2.75, 3.05) is 20.3 Å². The second-order valence-corrected chi connectivity index (χ2v) is 5.29. The van der Waals surface area contributed by atoms with E-state index in [4.69, 9.17) is 15.2 Å². The van der Waals surface area contributed by atoms with Gasteiger partial charge in [0.15, 0.2) is 0 Å². The predicted octanol–water partition coefficient (Wildman–Crippen LogP) is 2.75. The number of rotatable bonds is 6. The first-order chi connectivity index (χ1) is 7.98. The molecule has 2 N–H and O–H groups in total. The van der Waals surface area contributed by atoms with Crippen molar-refractivity contribution in [3.05, 3.63) is 28.2 Å². The normalized spacial score (nSPS) is 14.4. The Morgan fingerprint density at radius 1 is 1.41 bits per heavy atom. The van der Waals surface area contributed by atoms with Gasteiger partial charge in [-0.05, 0) is 53.9 Å². The molecule has 0 aliphatic heterocycles. The molecule has 0 bridgehead atoms. The number of methoxy groups -OCH3 is 1. The van der Waals surface area contributed by atoms with Gasteiger partial charge < -0.3 is 15.2 Å². The summed E-state index contributed by atoms with van der Waals surface area (Å²) in [5.41, 5.74) is 7.01. The van der Waals surface area contributed by atoms with Crippen molar-refractivity contribution >= 4 is 15.9 Å². The van der Waals surface area contributed by atoms with Crippen LogP contribution in [0.5, 0.6) is 5.75 Å². The van der Waals surface area contributed by atoms with Crippen molar-refractivity contribution in [2.45, 2.75) is 25.8 Å². The van der Waals surface area contributed by atoms with Crippen LogP contribution in [0.2, 0.25) is 0 Å². The summed E-state index contributed by atoms with van der Waals surface area (Å²) < 4.78 is 11.5. The molecule has 1 rings (SSSR count). The number of halogens is 1. The minimum atomic E-state index is -0.343. The van der Waals surface area contributed by atoms with Gasteiger partial charge in [0.05, 0.1) is 18.2 Å². The molecule has 1 unspecified atom stereocenters. The van der Waals surface area contributed by atoms with Gasteiger partial charge >= 0.3 is 0 Å². The Bertz CT molecular complexity index is 366. The van der Waals surface area contributed by atoms with E-state index in [-0.39, 0.29) is 5.54 Å². The maximum Gasteiger partial charge on any atom is 0.133 e. The Morgan fingerprint density at radius 2 is 2.12 bits per heavy atom. The van der Waals surface area contributed by atoms with Gasteiger partial charge in [0, 0.05) is 12.1 Å². The number of hydrogen-bond acceptors (Lipinski definition) is 3. The zero-order valence-electron chi connectivity index (χ0n) is 10.6. The third-order valence-corrected chi connectivity index (χ3v) is 3.08. The smallest absolute Gasteiger partial charge is 0.133 e. The molecule has 0 aromatic heterocycles. The molecule has 0 fully saturated rings. The average molecular weight is 302 g/mol. The summed E-state index contributed by atoms with van der Waals surface area (Å²) >= 11 is 3.47. The lowest BCUT2D eigenvalue weighted by atomic mass is 9.95. The van der Waals surface area contributed by atoms with Crippen LogP contribution in [0.25, 0.3) is 0 Å². The summed E-state index contributed by atoms with van der Waals surface area (Å²) in [5.74, 6) is 0.831. The lowest BCUT2D eigenvalue weighted by Gasteiger charge is -2.24. The van der Waals surface area contributed by atoms with Crippen molar-refractivity contribution in [3.63, 3.8) is 0 Å². The molecular formula is C13H20BrNO2. The minimum Gasteiger partial charge on any atom is -0.496 e. The quantitative estimate of drug-likeness (QED) is 0.879. The second-order valence-electron chi connectivity index (χ2n) is 4.44. The van der Waals surface area contributed by atoms with Crippen LogP contribution in [0.4, 0.5) is 0 Å². The molecule has 0 aliphatic rings. The van der Waals surface area contributed by atoms with E-state index in [1.54, 1.807) is 7.11 Å². The number of ether oxygens (including phenoxy) is 2. The molecule has 0 aliphatic carbocycles. The highest BCUT2D eigenvalue weighted by molar-refractivity contribution is 9.10. The van der Waals surface area contributed by atoms with E-state index in [1.807, 2.05) is 32.0 Å². The number of benzene rings is 1. The number of nitrogens with two attached hydrogens (primary N) is 1. The molecule has 0 heterocycles. The molecule has 0 saturated carbocycles. The summed E-state index contributed by atoms with van der Waals surface area (Å²) in [6, 6.07) is 6.01. The monoisotopic (exact) mass is 301 g/mol. The van der Waals surface area contributed by atoms with Crippen LogP contribution in [0.1, 0.15) is 19.4 Å². The van der Waals surface area contributed by atoms with Crippen molar-refractivity contribution < 1.29 is 9.47 Å². The first-order valence-electron chi connectivity index (χ1n) is 5.67. The molecule has 1 atom stereocenters. The topological polar surface area (TPSA) is 44.5 Å². The predicted molar refractivity (Wildman–Crippen MR) is 73.5 cm³/mol. The highest BCUT2D eigenvalue weighted by atomic mass is 79.9. The van der Waals surface area contributed by atoms with Gasteiger partial charge in [0.2, 0.25) is 0 Å². The highest BCUT2D eigenvalue weighted by Crippen LogP contribution is 2.26. The van der Waals surface area contributed by atoms with Crippen LogP contribution in [0, 0.1) is 0 Å². The largest absolute Gasteiger partial charge is 0.496 e. The Hall–Kier alpha value is -0.580. The standard InChI is InChI=1S/C13H20BrNO2/c1-4-17-9-13(2,15)8-10-5-6-12(16-3)11(14)7-10/h5-7H,4,8-9,15H2,1-3H3. The van der Waals surface area contributed by atoms with E-state index >= 15 is 0 Å². The van der Waals surface area contributed by atoms with Crippen LogP contribution in [-0.2, 0) is 11.2 Å². The zero-order valence-corrected chi connectivity index (χ0v) is 12.2. The van der Waals surface area contributed by atoms with Gasteiger partial charge in [0.25, 0.3) is 0 Å². The van der Waals surface area contributed by atoms with Gasteiger partial charge in [-0.2, -0.15) is 0 Å². The molecule has 0 radical (unpaired) electrons. The van der Waals surface area contributed by atoms with E-state index in [1.165, 1.54) is 5.56 Å². The minimum absolute atomic E-state index is 0.343. The van der Waals surface area contributed by atoms with Crippen molar-refractivity contribution in [2.24, 2.45) is 5.73 Å². The van der Waals surface area contributed by atoms with Crippen molar-refractivity contribution in [1.29, 1.82) is 0 Å². The lowest BCUT2D eigenvalue weighted by Crippen LogP contribution is -2.43. The van der Waals surface area contributed by atoms with E-state index < -0.39 is 0 Å². The van der Waals surface area contributed by atoms with Gasteiger partial charge in [-0.1, -0.05) is 6.07 Å². The van der Waals surface area contributed by atoms with Gasteiger partial charge in [-0.3, -0.25) is 0 Å². The Morgan fingerprint density at radius 3 is 2.65 bits per heavy atom. The summed E-state index contributed by atoms with van der Waals surface area (Å²) in [6.45, 7) is 5.23. The van der Waals surface area contributed by atoms with Crippen LogP contribution in [0.15, 0.2) is 22.7 Å². The Labute approximate surface area is 111 Å². The fourth-order valence-corrected chi connectivity index (χ4v) is 2.26. The number of hydrogen-bond donors (Lipinski definition) is 1. The molecule has 96 valence electrons. The molecule has 0 spiro atoms. The first-order valence-corrected chi connectivity index (χ1v) is 6.47. The third kappa shape index (κ3) is 4.66. The van der Waals surface area contributed by atoms with E-state index in [2.05, 4.69) is 15.9 Å². The molecular weight excluding hydrogens is 282 g/mol. The molecule has 4 heteroatoms. The maximum absolute atomic E-state index is 6.18. The molecule has 3 nitrogen and oxygen atoms in total. The zero-order chi connectivity index (χ0) is 12.9. The van der Waals surface area contributed by atoms with Gasteiger partial charge in [-0.15, -0.1) is 0 Å². The van der Waals surface area contributed by atoms with Crippen molar-refractivity contribution in [3.8, 4) is 5.75 Å². The summed E-state index contributed by atoms with van der Waals surface area (Å²) in [5, 5.41) is 0. The Balaban J connectivity index is 2.71. The van der Waals surface area contributed by atoms with E-state index in [0.29, 0.717) is 13.2 Å².